The molecular weight excluding hydrogens is 410 g/mol. The molecule has 1 aliphatic rings. The van der Waals surface area contributed by atoms with Gasteiger partial charge in [-0.15, -0.1) is 0 Å². The number of fused-ring (bicyclic) bond motifs is 1. The number of rotatable bonds is 6. The molecule has 0 spiro atoms. The summed E-state index contributed by atoms with van der Waals surface area (Å²) in [5.74, 6) is 0.615. The largest absolute Gasteiger partial charge is 0.497 e. The summed E-state index contributed by atoms with van der Waals surface area (Å²) in [5, 5.41) is 0.689. The lowest BCUT2D eigenvalue weighted by molar-refractivity contribution is -0.142. The predicted molar refractivity (Wildman–Crippen MR) is 125 cm³/mol. The maximum Gasteiger partial charge on any atom is 0.311 e. The summed E-state index contributed by atoms with van der Waals surface area (Å²) in [6, 6.07) is 16.0. The molecule has 0 fully saturated rings. The molecular formula is C26H28ClNO3. The number of hydrogen-bond donors (Lipinski definition) is 0. The van der Waals surface area contributed by atoms with E-state index in [1.165, 1.54) is 11.3 Å². The lowest BCUT2D eigenvalue weighted by Crippen LogP contribution is -2.16. The zero-order valence-electron chi connectivity index (χ0n) is 18.5. The van der Waals surface area contributed by atoms with Gasteiger partial charge >= 0.3 is 5.97 Å². The van der Waals surface area contributed by atoms with Crippen LogP contribution in [0.15, 0.2) is 48.5 Å². The zero-order valence-corrected chi connectivity index (χ0v) is 19.3. The van der Waals surface area contributed by atoms with Crippen LogP contribution in [0.2, 0.25) is 5.02 Å². The first-order valence-electron chi connectivity index (χ1n) is 10.6. The quantitative estimate of drug-likeness (QED) is 0.433. The van der Waals surface area contributed by atoms with E-state index in [1.54, 1.807) is 7.11 Å². The van der Waals surface area contributed by atoms with Crippen molar-refractivity contribution in [3.63, 3.8) is 0 Å². The number of hydrogen-bond acceptors (Lipinski definition) is 3. The monoisotopic (exact) mass is 437 g/mol. The molecule has 0 radical (unpaired) electrons. The number of nitrogens with zero attached hydrogens (tertiary/aromatic N) is 1. The van der Waals surface area contributed by atoms with Gasteiger partial charge in [-0.3, -0.25) is 4.79 Å². The first-order valence-corrected chi connectivity index (χ1v) is 11.0. The highest BCUT2D eigenvalue weighted by molar-refractivity contribution is 6.30. The van der Waals surface area contributed by atoms with Gasteiger partial charge < -0.3 is 14.0 Å². The van der Waals surface area contributed by atoms with Crippen molar-refractivity contribution in [3.8, 4) is 28.0 Å². The van der Waals surface area contributed by atoms with Gasteiger partial charge in [0.15, 0.2) is 0 Å². The van der Waals surface area contributed by atoms with E-state index in [0.717, 1.165) is 41.1 Å². The van der Waals surface area contributed by atoms with Gasteiger partial charge in [-0.05, 0) is 54.2 Å². The number of carbonyl (C=O) groups is 1. The highest BCUT2D eigenvalue weighted by atomic mass is 35.5. The molecule has 5 heteroatoms. The van der Waals surface area contributed by atoms with Crippen molar-refractivity contribution in [2.24, 2.45) is 5.41 Å². The van der Waals surface area contributed by atoms with Crippen LogP contribution in [-0.4, -0.2) is 24.3 Å². The third-order valence-corrected chi connectivity index (χ3v) is 6.09. The molecule has 0 saturated carbocycles. The fourth-order valence-corrected chi connectivity index (χ4v) is 4.69. The Morgan fingerprint density at radius 3 is 2.26 bits per heavy atom. The number of aromatic nitrogens is 1. The van der Waals surface area contributed by atoms with Crippen LogP contribution in [0.1, 0.15) is 32.2 Å². The summed E-state index contributed by atoms with van der Waals surface area (Å²) >= 11 is 6.17. The van der Waals surface area contributed by atoms with Gasteiger partial charge in [-0.2, -0.15) is 0 Å². The summed E-state index contributed by atoms with van der Waals surface area (Å²) in [6.45, 7) is 7.63. The maximum atomic E-state index is 12.6. The molecule has 0 atom stereocenters. The van der Waals surface area contributed by atoms with E-state index in [0.29, 0.717) is 11.6 Å². The van der Waals surface area contributed by atoms with E-state index in [1.807, 2.05) is 43.3 Å². The Hall–Kier alpha value is -2.72. The number of esters is 1. The van der Waals surface area contributed by atoms with Crippen molar-refractivity contribution in [2.45, 2.75) is 40.2 Å². The Balaban J connectivity index is 1.97. The molecule has 162 valence electrons. The highest BCUT2D eigenvalue weighted by Crippen LogP contribution is 2.47. The van der Waals surface area contributed by atoms with Gasteiger partial charge in [0.1, 0.15) is 5.75 Å². The average Bonchev–Trinajstić information content (AvgIpc) is 3.20. The highest BCUT2D eigenvalue weighted by Gasteiger charge is 2.36. The normalized spacial score (nSPS) is 14.4. The Morgan fingerprint density at radius 1 is 1.03 bits per heavy atom. The number of halogens is 1. The Kier molecular flexibility index (Phi) is 5.85. The Morgan fingerprint density at radius 2 is 1.65 bits per heavy atom. The van der Waals surface area contributed by atoms with Gasteiger partial charge in [-0.25, -0.2) is 0 Å². The number of methoxy groups -OCH3 is 1. The van der Waals surface area contributed by atoms with Crippen molar-refractivity contribution < 1.29 is 14.3 Å². The Labute approximate surface area is 188 Å². The third kappa shape index (κ3) is 4.22. The van der Waals surface area contributed by atoms with Crippen molar-refractivity contribution in [1.29, 1.82) is 0 Å². The molecule has 0 amide bonds. The van der Waals surface area contributed by atoms with Crippen LogP contribution >= 0.6 is 11.6 Å². The Bertz CT molecular complexity index is 1100. The van der Waals surface area contributed by atoms with Crippen molar-refractivity contribution in [1.82, 2.24) is 4.57 Å². The first-order chi connectivity index (χ1) is 14.8. The minimum atomic E-state index is -0.205. The SMILES string of the molecule is CCOC(=O)Cc1c(-c2ccc(Cl)cc2)c(-c2ccc(OC)cc2)c2n1CC(C)(C)C2. The van der Waals surface area contributed by atoms with Crippen LogP contribution in [0.25, 0.3) is 22.3 Å². The van der Waals surface area contributed by atoms with Gasteiger partial charge in [-0.1, -0.05) is 49.7 Å². The van der Waals surface area contributed by atoms with E-state index in [2.05, 4.69) is 30.5 Å². The lowest BCUT2D eigenvalue weighted by atomic mass is 9.86. The van der Waals surface area contributed by atoms with Crippen LogP contribution in [0.4, 0.5) is 0 Å². The second kappa shape index (κ2) is 8.43. The van der Waals surface area contributed by atoms with E-state index in [-0.39, 0.29) is 17.8 Å². The van der Waals surface area contributed by atoms with Crippen molar-refractivity contribution >= 4 is 17.6 Å². The molecule has 2 heterocycles. The smallest absolute Gasteiger partial charge is 0.311 e. The fraction of sp³-hybridized carbons (Fsp3) is 0.346. The molecule has 1 aromatic heterocycles. The standard InChI is InChI=1S/C26H28ClNO3/c1-5-31-23(29)14-21-24(17-6-10-19(27)11-7-17)25(18-8-12-20(30-4)13-9-18)22-15-26(2,3)16-28(21)22/h6-13H,5,14-16H2,1-4H3. The van der Waals surface area contributed by atoms with E-state index >= 15 is 0 Å². The van der Waals surface area contributed by atoms with Crippen molar-refractivity contribution in [2.75, 3.05) is 13.7 Å². The maximum absolute atomic E-state index is 12.6. The molecule has 0 saturated heterocycles. The van der Waals surface area contributed by atoms with Crippen LogP contribution in [0.3, 0.4) is 0 Å². The number of carbonyl (C=O) groups excluding carboxylic acids is 1. The second-order valence-corrected chi connectivity index (χ2v) is 9.22. The average molecular weight is 438 g/mol. The van der Waals surface area contributed by atoms with Gasteiger partial charge in [0.25, 0.3) is 0 Å². The molecule has 31 heavy (non-hydrogen) atoms. The summed E-state index contributed by atoms with van der Waals surface area (Å²) in [5.41, 5.74) is 6.82. The lowest BCUT2D eigenvalue weighted by Gasteiger charge is -2.19. The topological polar surface area (TPSA) is 40.5 Å². The molecule has 1 aliphatic heterocycles. The number of ether oxygens (including phenoxy) is 2. The van der Waals surface area contributed by atoms with Gasteiger partial charge in [0.2, 0.25) is 0 Å². The third-order valence-electron chi connectivity index (χ3n) is 5.84. The first kappa shape index (κ1) is 21.5. The molecule has 0 N–H and O–H groups in total. The predicted octanol–water partition coefficient (Wildman–Crippen LogP) is 6.17. The minimum absolute atomic E-state index is 0.124. The van der Waals surface area contributed by atoms with Crippen LogP contribution in [0.5, 0.6) is 5.75 Å². The molecule has 0 bridgehead atoms. The summed E-state index contributed by atoms with van der Waals surface area (Å²) in [6.07, 6.45) is 1.18. The van der Waals surface area contributed by atoms with Crippen molar-refractivity contribution in [3.05, 3.63) is 64.9 Å². The summed E-state index contributed by atoms with van der Waals surface area (Å²) in [7, 11) is 1.67. The van der Waals surface area contributed by atoms with E-state index < -0.39 is 0 Å². The summed E-state index contributed by atoms with van der Waals surface area (Å²) < 4.78 is 13.0. The fourth-order valence-electron chi connectivity index (χ4n) is 4.56. The van der Waals surface area contributed by atoms with E-state index in [9.17, 15) is 4.79 Å². The molecule has 4 nitrogen and oxygen atoms in total. The van der Waals surface area contributed by atoms with Gasteiger partial charge in [0, 0.05) is 34.1 Å². The summed E-state index contributed by atoms with van der Waals surface area (Å²) in [4.78, 5) is 12.6. The minimum Gasteiger partial charge on any atom is -0.497 e. The van der Waals surface area contributed by atoms with Gasteiger partial charge in [0.05, 0.1) is 20.1 Å². The molecule has 4 rings (SSSR count). The number of benzene rings is 2. The van der Waals surface area contributed by atoms with Crippen LogP contribution in [0, 0.1) is 5.41 Å². The van der Waals surface area contributed by atoms with E-state index in [4.69, 9.17) is 21.1 Å². The second-order valence-electron chi connectivity index (χ2n) is 8.79. The molecule has 0 aliphatic carbocycles. The van der Waals surface area contributed by atoms with Crippen LogP contribution in [-0.2, 0) is 28.9 Å². The van der Waals surface area contributed by atoms with Crippen LogP contribution < -0.4 is 4.74 Å². The molecule has 3 aromatic rings. The molecule has 0 unspecified atom stereocenters. The molecule has 2 aromatic carbocycles. The zero-order chi connectivity index (χ0) is 22.2.